The van der Waals surface area contributed by atoms with E-state index in [2.05, 4.69) is 13.0 Å². The monoisotopic (exact) mass is 180 g/mol. The molecule has 13 heavy (non-hydrogen) atoms. The zero-order valence-electron chi connectivity index (χ0n) is 9.15. The molecule has 1 rings (SSSR count). The molecule has 0 unspecified atom stereocenters. The summed E-state index contributed by atoms with van der Waals surface area (Å²) in [5.74, 6) is 0. The van der Waals surface area contributed by atoms with E-state index in [0.29, 0.717) is 0 Å². The van der Waals surface area contributed by atoms with Crippen LogP contribution >= 0.6 is 0 Å². The Labute approximate surface area is 83.4 Å². The van der Waals surface area contributed by atoms with E-state index in [-0.39, 0.29) is 0 Å². The molecule has 0 atom stereocenters. The maximum absolute atomic E-state index is 2.51. The Morgan fingerprint density at radius 1 is 0.923 bits per heavy atom. The third-order valence-electron chi connectivity index (χ3n) is 2.97. The molecule has 0 spiro atoms. The fourth-order valence-electron chi connectivity index (χ4n) is 2.09. The van der Waals surface area contributed by atoms with Crippen LogP contribution < -0.4 is 0 Å². The van der Waals surface area contributed by atoms with Gasteiger partial charge in [-0.15, -0.1) is 0 Å². The minimum atomic E-state index is 1.30. The summed E-state index contributed by atoms with van der Waals surface area (Å²) in [6, 6.07) is 0. The molecule has 0 heteroatoms. The molecule has 0 saturated heterocycles. The van der Waals surface area contributed by atoms with Crippen molar-refractivity contribution in [2.24, 2.45) is 0 Å². The fourth-order valence-corrected chi connectivity index (χ4v) is 2.09. The third kappa shape index (κ3) is 5.13. The van der Waals surface area contributed by atoms with Gasteiger partial charge in [0, 0.05) is 0 Å². The minimum Gasteiger partial charge on any atom is -0.0853 e. The van der Waals surface area contributed by atoms with Gasteiger partial charge in [0.05, 0.1) is 0 Å². The smallest absolute Gasteiger partial charge is 0.0320 e. The molecule has 76 valence electrons. The van der Waals surface area contributed by atoms with E-state index >= 15 is 0 Å². The fraction of sp³-hybridized carbons (Fsp3) is 0.846. The van der Waals surface area contributed by atoms with Gasteiger partial charge in [0.1, 0.15) is 0 Å². The predicted molar refractivity (Wildman–Crippen MR) is 59.9 cm³/mol. The summed E-state index contributed by atoms with van der Waals surface area (Å²) in [5.41, 5.74) is 1.75. The zero-order chi connectivity index (χ0) is 9.36. The Morgan fingerprint density at radius 3 is 2.00 bits per heavy atom. The van der Waals surface area contributed by atoms with Crippen molar-refractivity contribution in [3.63, 3.8) is 0 Å². The summed E-state index contributed by atoms with van der Waals surface area (Å²) in [6.07, 6.45) is 16.6. The molecule has 0 heterocycles. The zero-order valence-corrected chi connectivity index (χ0v) is 9.15. The van der Waals surface area contributed by atoms with Crippen LogP contribution in [0.3, 0.4) is 0 Å². The van der Waals surface area contributed by atoms with Crippen molar-refractivity contribution in [1.29, 1.82) is 0 Å². The lowest BCUT2D eigenvalue weighted by Gasteiger charge is -2.04. The summed E-state index contributed by atoms with van der Waals surface area (Å²) < 4.78 is 0. The first kappa shape index (κ1) is 10.8. The second kappa shape index (κ2) is 7.17. The number of hydrogen-bond acceptors (Lipinski definition) is 0. The van der Waals surface area contributed by atoms with Crippen molar-refractivity contribution in [1.82, 2.24) is 0 Å². The highest BCUT2D eigenvalue weighted by molar-refractivity contribution is 5.02. The number of hydrogen-bond donors (Lipinski definition) is 0. The van der Waals surface area contributed by atoms with E-state index in [1.807, 2.05) is 0 Å². The number of allylic oxidation sites excluding steroid dienone is 2. The van der Waals surface area contributed by atoms with Crippen molar-refractivity contribution >= 4 is 0 Å². The van der Waals surface area contributed by atoms with Gasteiger partial charge in [-0.1, -0.05) is 50.7 Å². The summed E-state index contributed by atoms with van der Waals surface area (Å²) in [4.78, 5) is 0. The van der Waals surface area contributed by atoms with Crippen LogP contribution in [0.15, 0.2) is 11.6 Å². The molecular formula is C13H24. The maximum Gasteiger partial charge on any atom is -0.0320 e. The van der Waals surface area contributed by atoms with E-state index < -0.39 is 0 Å². The molecule has 0 aromatic carbocycles. The Balaban J connectivity index is 2.31. The Hall–Kier alpha value is -0.260. The van der Waals surface area contributed by atoms with Crippen LogP contribution in [0, 0.1) is 0 Å². The van der Waals surface area contributed by atoms with Crippen molar-refractivity contribution in [2.45, 2.75) is 71.1 Å². The first-order valence-corrected chi connectivity index (χ1v) is 6.11. The Morgan fingerprint density at radius 2 is 1.46 bits per heavy atom. The van der Waals surface area contributed by atoms with E-state index in [0.717, 1.165) is 0 Å². The molecule has 0 nitrogen and oxygen atoms in total. The van der Waals surface area contributed by atoms with Gasteiger partial charge in [-0.3, -0.25) is 0 Å². The largest absolute Gasteiger partial charge is 0.0853 e. The van der Waals surface area contributed by atoms with Crippen LogP contribution in [0.5, 0.6) is 0 Å². The molecule has 0 amide bonds. The molecule has 0 aromatic heterocycles. The molecular weight excluding hydrogens is 156 g/mol. The Bertz CT molecular complexity index is 132. The normalized spacial score (nSPS) is 20.2. The van der Waals surface area contributed by atoms with Crippen LogP contribution in [0.1, 0.15) is 71.1 Å². The number of unbranched alkanes of at least 4 members (excludes halogenated alkanes) is 1. The van der Waals surface area contributed by atoms with Crippen molar-refractivity contribution in [3.05, 3.63) is 11.6 Å². The lowest BCUT2D eigenvalue weighted by molar-refractivity contribution is 0.624. The quantitative estimate of drug-likeness (QED) is 0.533. The summed E-state index contributed by atoms with van der Waals surface area (Å²) in [6.45, 7) is 2.27. The summed E-state index contributed by atoms with van der Waals surface area (Å²) >= 11 is 0. The van der Waals surface area contributed by atoms with E-state index in [4.69, 9.17) is 0 Å². The van der Waals surface area contributed by atoms with Crippen LogP contribution in [-0.4, -0.2) is 0 Å². The average Bonchev–Trinajstić information content (AvgIpc) is 2.28. The molecule has 0 N–H and O–H groups in total. The second-order valence-corrected chi connectivity index (χ2v) is 4.27. The summed E-state index contributed by atoms with van der Waals surface area (Å²) in [7, 11) is 0. The van der Waals surface area contributed by atoms with Gasteiger partial charge in [-0.2, -0.15) is 0 Å². The highest BCUT2D eigenvalue weighted by atomic mass is 14.1. The molecule has 1 fully saturated rings. The van der Waals surface area contributed by atoms with Crippen molar-refractivity contribution in [3.8, 4) is 0 Å². The van der Waals surface area contributed by atoms with Crippen molar-refractivity contribution < 1.29 is 0 Å². The topological polar surface area (TPSA) is 0 Å². The molecule has 1 aliphatic rings. The van der Waals surface area contributed by atoms with Gasteiger partial charge < -0.3 is 0 Å². The molecule has 0 radical (unpaired) electrons. The molecule has 1 aliphatic carbocycles. The Kier molecular flexibility index (Phi) is 5.97. The first-order valence-electron chi connectivity index (χ1n) is 6.11. The van der Waals surface area contributed by atoms with Gasteiger partial charge in [0.15, 0.2) is 0 Å². The lowest BCUT2D eigenvalue weighted by Crippen LogP contribution is -1.84. The van der Waals surface area contributed by atoms with Gasteiger partial charge in [-0.05, 0) is 32.1 Å². The molecule has 1 saturated carbocycles. The van der Waals surface area contributed by atoms with Crippen LogP contribution in [0.2, 0.25) is 0 Å². The molecule has 0 aliphatic heterocycles. The number of rotatable bonds is 2. The van der Waals surface area contributed by atoms with Gasteiger partial charge in [0.25, 0.3) is 0 Å². The van der Waals surface area contributed by atoms with E-state index in [9.17, 15) is 0 Å². The van der Waals surface area contributed by atoms with E-state index in [1.165, 1.54) is 64.2 Å². The van der Waals surface area contributed by atoms with Gasteiger partial charge >= 0.3 is 0 Å². The minimum absolute atomic E-state index is 1.30. The second-order valence-electron chi connectivity index (χ2n) is 4.27. The van der Waals surface area contributed by atoms with Crippen LogP contribution in [0.4, 0.5) is 0 Å². The first-order chi connectivity index (χ1) is 6.43. The standard InChI is InChI=1S/C13H24/c1-2-3-10-13-11-8-6-4-5-7-9-12-13/h10H,2-9,11-12H2,1H3. The van der Waals surface area contributed by atoms with Gasteiger partial charge in [0.2, 0.25) is 0 Å². The highest BCUT2D eigenvalue weighted by Crippen LogP contribution is 2.21. The molecule has 0 bridgehead atoms. The maximum atomic E-state index is 2.51. The lowest BCUT2D eigenvalue weighted by atomic mass is 10.0. The third-order valence-corrected chi connectivity index (χ3v) is 2.97. The highest BCUT2D eigenvalue weighted by Gasteiger charge is 2.01. The van der Waals surface area contributed by atoms with Crippen LogP contribution in [0.25, 0.3) is 0 Å². The van der Waals surface area contributed by atoms with E-state index in [1.54, 1.807) is 5.57 Å². The van der Waals surface area contributed by atoms with Gasteiger partial charge in [-0.25, -0.2) is 0 Å². The predicted octanol–water partition coefficient (Wildman–Crippen LogP) is 4.85. The molecule has 0 aromatic rings. The average molecular weight is 180 g/mol. The van der Waals surface area contributed by atoms with Crippen molar-refractivity contribution in [2.75, 3.05) is 0 Å². The summed E-state index contributed by atoms with van der Waals surface area (Å²) in [5, 5.41) is 0. The van der Waals surface area contributed by atoms with Crippen LogP contribution in [-0.2, 0) is 0 Å². The SMILES string of the molecule is CCCC=C1CCCCCCCC1.